The van der Waals surface area contributed by atoms with E-state index in [1.165, 1.54) is 6.07 Å². The lowest BCUT2D eigenvalue weighted by Crippen LogP contribution is -2.52. The van der Waals surface area contributed by atoms with E-state index < -0.39 is 21.6 Å². The minimum Gasteiger partial charge on any atom is -0.354 e. The molecule has 2 fully saturated rings. The van der Waals surface area contributed by atoms with E-state index in [-0.39, 0.29) is 30.0 Å². The lowest BCUT2D eigenvalue weighted by Gasteiger charge is -2.37. The molecule has 1 amide bonds. The lowest BCUT2D eigenvalue weighted by atomic mass is 10.1. The molecule has 1 atom stereocenters. The summed E-state index contributed by atoms with van der Waals surface area (Å²) in [5.41, 5.74) is -0.109. The number of carbonyl (C=O) groups excluding carboxylic acids is 1. The normalized spacial score (nSPS) is 21.2. The monoisotopic (exact) mass is 482 g/mol. The zero-order valence-corrected chi connectivity index (χ0v) is 18.7. The Morgan fingerprint density at radius 1 is 1.06 bits per heavy atom. The number of aromatic nitrogens is 1. The minimum atomic E-state index is -4.42. The summed E-state index contributed by atoms with van der Waals surface area (Å²) in [6, 6.07) is 11.1. The number of rotatable bonds is 5. The first-order chi connectivity index (χ1) is 15.6. The van der Waals surface area contributed by atoms with Crippen LogP contribution in [0.1, 0.15) is 12.0 Å². The van der Waals surface area contributed by atoms with Gasteiger partial charge in [-0.1, -0.05) is 18.2 Å². The number of pyridine rings is 1. The van der Waals surface area contributed by atoms with Crippen LogP contribution in [0.25, 0.3) is 0 Å². The highest BCUT2D eigenvalue weighted by atomic mass is 32.2. The maximum atomic E-state index is 13.2. The van der Waals surface area contributed by atoms with Crippen molar-refractivity contribution in [2.75, 3.05) is 54.0 Å². The molecule has 4 rings (SSSR count). The zero-order valence-electron chi connectivity index (χ0n) is 17.9. The summed E-state index contributed by atoms with van der Waals surface area (Å²) in [4.78, 5) is 22.7. The summed E-state index contributed by atoms with van der Waals surface area (Å²) in [7, 11) is -3.16. The first kappa shape index (κ1) is 23.5. The highest BCUT2D eigenvalue weighted by Crippen LogP contribution is 2.29. The van der Waals surface area contributed by atoms with E-state index in [1.54, 1.807) is 17.0 Å². The summed E-state index contributed by atoms with van der Waals surface area (Å²) >= 11 is 0. The number of sulfone groups is 1. The van der Waals surface area contributed by atoms with Crippen LogP contribution >= 0.6 is 0 Å². The molecule has 1 aromatic carbocycles. The average molecular weight is 483 g/mol. The Hall–Kier alpha value is -2.66. The van der Waals surface area contributed by atoms with E-state index in [0.717, 1.165) is 12.3 Å². The van der Waals surface area contributed by atoms with Crippen LogP contribution in [0, 0.1) is 0 Å². The number of benzene rings is 1. The van der Waals surface area contributed by atoms with Crippen LogP contribution in [0.2, 0.25) is 0 Å². The summed E-state index contributed by atoms with van der Waals surface area (Å²) in [5, 5.41) is 0. The number of para-hydroxylation sites is 1. The summed E-state index contributed by atoms with van der Waals surface area (Å²) in [6.07, 6.45) is -3.18. The maximum Gasteiger partial charge on any atom is 0.417 e. The van der Waals surface area contributed by atoms with Gasteiger partial charge >= 0.3 is 6.18 Å². The standard InChI is InChI=1S/C22H25F3N4O3S/c23-22(24,25)17-6-7-20(26-14-17)28-11-9-27(10-12-28)15-21(30)29(18-4-2-1-3-5-18)19-8-13-33(31,32)16-19/h1-7,14,19H,8-13,15-16H2. The van der Waals surface area contributed by atoms with E-state index in [2.05, 4.69) is 4.98 Å². The first-order valence-corrected chi connectivity index (χ1v) is 12.5. The van der Waals surface area contributed by atoms with Gasteiger partial charge in [0.25, 0.3) is 0 Å². The second kappa shape index (κ2) is 9.30. The van der Waals surface area contributed by atoms with Crippen molar-refractivity contribution in [2.24, 2.45) is 0 Å². The molecule has 11 heteroatoms. The lowest BCUT2D eigenvalue weighted by molar-refractivity contribution is -0.137. The number of alkyl halides is 3. The third kappa shape index (κ3) is 5.64. The van der Waals surface area contributed by atoms with E-state index in [1.807, 2.05) is 28.0 Å². The Morgan fingerprint density at radius 2 is 1.76 bits per heavy atom. The van der Waals surface area contributed by atoms with Gasteiger partial charge in [0.15, 0.2) is 9.84 Å². The van der Waals surface area contributed by atoms with Crippen LogP contribution in [0.3, 0.4) is 0 Å². The molecule has 1 aromatic heterocycles. The van der Waals surface area contributed by atoms with Crippen molar-refractivity contribution in [1.29, 1.82) is 0 Å². The molecule has 2 aromatic rings. The smallest absolute Gasteiger partial charge is 0.354 e. The van der Waals surface area contributed by atoms with Crippen molar-refractivity contribution in [3.63, 3.8) is 0 Å². The number of anilines is 2. The van der Waals surface area contributed by atoms with Gasteiger partial charge in [0.1, 0.15) is 5.82 Å². The van der Waals surface area contributed by atoms with Gasteiger partial charge in [-0.3, -0.25) is 9.69 Å². The molecule has 2 aliphatic heterocycles. The number of carbonyl (C=O) groups is 1. The van der Waals surface area contributed by atoms with Crippen molar-refractivity contribution in [3.8, 4) is 0 Å². The Morgan fingerprint density at radius 3 is 2.30 bits per heavy atom. The molecule has 2 aliphatic rings. The van der Waals surface area contributed by atoms with Gasteiger partial charge in [0, 0.05) is 38.1 Å². The van der Waals surface area contributed by atoms with Crippen molar-refractivity contribution < 1.29 is 26.4 Å². The molecule has 0 N–H and O–H groups in total. The highest BCUT2D eigenvalue weighted by molar-refractivity contribution is 7.91. The number of hydrogen-bond acceptors (Lipinski definition) is 6. The van der Waals surface area contributed by atoms with Gasteiger partial charge in [-0.25, -0.2) is 13.4 Å². The third-order valence-electron chi connectivity index (χ3n) is 6.01. The summed E-state index contributed by atoms with van der Waals surface area (Å²) in [6.45, 7) is 2.27. The van der Waals surface area contributed by atoms with Crippen LogP contribution in [0.5, 0.6) is 0 Å². The van der Waals surface area contributed by atoms with E-state index >= 15 is 0 Å². The number of piperazine rings is 1. The molecule has 178 valence electrons. The SMILES string of the molecule is O=C(CN1CCN(c2ccc(C(F)(F)F)cn2)CC1)N(c1ccccc1)C1CCS(=O)(=O)C1. The maximum absolute atomic E-state index is 13.2. The highest BCUT2D eigenvalue weighted by Gasteiger charge is 2.36. The molecule has 1 unspecified atom stereocenters. The summed E-state index contributed by atoms with van der Waals surface area (Å²) in [5.74, 6) is 0.342. The van der Waals surface area contributed by atoms with Gasteiger partial charge in [0.2, 0.25) is 5.91 Å². The average Bonchev–Trinajstić information content (AvgIpc) is 3.14. The van der Waals surface area contributed by atoms with Crippen LogP contribution in [-0.4, -0.2) is 74.5 Å². The predicted octanol–water partition coefficient (Wildman–Crippen LogP) is 2.44. The Bertz CT molecular complexity index is 1070. The van der Waals surface area contributed by atoms with E-state index in [4.69, 9.17) is 0 Å². The molecule has 33 heavy (non-hydrogen) atoms. The molecular formula is C22H25F3N4O3S. The fourth-order valence-corrected chi connectivity index (χ4v) is 5.97. The second-order valence-electron chi connectivity index (χ2n) is 8.32. The van der Waals surface area contributed by atoms with E-state index in [0.29, 0.717) is 44.1 Å². The zero-order chi connectivity index (χ0) is 23.6. The molecule has 0 aliphatic carbocycles. The molecule has 0 radical (unpaired) electrons. The van der Waals surface area contributed by atoms with Gasteiger partial charge in [-0.15, -0.1) is 0 Å². The molecule has 7 nitrogen and oxygen atoms in total. The molecular weight excluding hydrogens is 457 g/mol. The largest absolute Gasteiger partial charge is 0.417 e. The first-order valence-electron chi connectivity index (χ1n) is 10.7. The minimum absolute atomic E-state index is 0.0407. The van der Waals surface area contributed by atoms with Crippen LogP contribution in [-0.2, 0) is 20.8 Å². The Balaban J connectivity index is 1.39. The van der Waals surface area contributed by atoms with Gasteiger partial charge in [-0.2, -0.15) is 13.2 Å². The fraction of sp³-hybridized carbons (Fsp3) is 0.455. The fourth-order valence-electron chi connectivity index (χ4n) is 4.27. The predicted molar refractivity (Wildman–Crippen MR) is 119 cm³/mol. The summed E-state index contributed by atoms with van der Waals surface area (Å²) < 4.78 is 62.3. The molecule has 0 spiro atoms. The molecule has 2 saturated heterocycles. The van der Waals surface area contributed by atoms with Gasteiger partial charge < -0.3 is 9.80 Å². The van der Waals surface area contributed by atoms with Crippen molar-refractivity contribution in [1.82, 2.24) is 9.88 Å². The number of nitrogens with zero attached hydrogens (tertiary/aromatic N) is 4. The van der Waals surface area contributed by atoms with Crippen LogP contribution in [0.15, 0.2) is 48.7 Å². The van der Waals surface area contributed by atoms with Gasteiger partial charge in [0.05, 0.1) is 29.7 Å². The number of hydrogen-bond donors (Lipinski definition) is 0. The van der Waals surface area contributed by atoms with Crippen LogP contribution < -0.4 is 9.80 Å². The van der Waals surface area contributed by atoms with Crippen molar-refractivity contribution in [3.05, 3.63) is 54.2 Å². The van der Waals surface area contributed by atoms with E-state index in [9.17, 15) is 26.4 Å². The number of amides is 1. The molecule has 0 saturated carbocycles. The third-order valence-corrected chi connectivity index (χ3v) is 7.76. The Kier molecular flexibility index (Phi) is 6.62. The van der Waals surface area contributed by atoms with Gasteiger partial charge in [-0.05, 0) is 30.7 Å². The molecule has 0 bridgehead atoms. The second-order valence-corrected chi connectivity index (χ2v) is 10.6. The van der Waals surface area contributed by atoms with Crippen molar-refractivity contribution >= 4 is 27.2 Å². The van der Waals surface area contributed by atoms with Crippen LogP contribution in [0.4, 0.5) is 24.7 Å². The Labute approximate surface area is 190 Å². The number of halogens is 3. The topological polar surface area (TPSA) is 73.8 Å². The van der Waals surface area contributed by atoms with Crippen molar-refractivity contribution in [2.45, 2.75) is 18.6 Å². The molecule has 3 heterocycles. The quantitative estimate of drug-likeness (QED) is 0.652.